The number of phenolic OH excluding ortho intramolecular Hbond substituents is 1. The molecule has 3 aromatic heterocycles. The lowest BCUT2D eigenvalue weighted by Gasteiger charge is -2.34. The average Bonchev–Trinajstić information content (AvgIpc) is 3.69. The number of aromatic nitrogens is 6. The number of phenols is 1. The zero-order valence-corrected chi connectivity index (χ0v) is 26.3. The maximum atomic E-state index is 15.8. The van der Waals surface area contributed by atoms with Crippen LogP contribution in [-0.2, 0) is 0 Å². The molecule has 2 atom stereocenters. The Kier molecular flexibility index (Phi) is 8.20. The Morgan fingerprint density at radius 1 is 0.978 bits per heavy atom. The Balaban J connectivity index is 0.00000109. The van der Waals surface area contributed by atoms with E-state index < -0.39 is 28.8 Å². The SMILES string of the molecule is CCC.O=c1nc(N2CC3CCC(C2)N3)c2cc(F)c(-c3c(O)cccc3F)nc2n1-c1cccc(Sn2cnc(C3CC3)n2)c1. The quantitative estimate of drug-likeness (QED) is 0.236. The highest BCUT2D eigenvalue weighted by atomic mass is 32.2. The van der Waals surface area contributed by atoms with E-state index in [1.165, 1.54) is 41.1 Å². The van der Waals surface area contributed by atoms with E-state index >= 15 is 4.39 Å². The van der Waals surface area contributed by atoms with Gasteiger partial charge >= 0.3 is 5.69 Å². The van der Waals surface area contributed by atoms with Gasteiger partial charge < -0.3 is 15.3 Å². The van der Waals surface area contributed by atoms with Gasteiger partial charge in [0.1, 0.15) is 29.4 Å². The van der Waals surface area contributed by atoms with Crippen LogP contribution in [0.1, 0.15) is 57.7 Å². The molecule has 3 aliphatic rings. The molecule has 2 aliphatic heterocycles. The molecule has 2 unspecified atom stereocenters. The summed E-state index contributed by atoms with van der Waals surface area (Å²) in [6, 6.07) is 12.7. The lowest BCUT2D eigenvalue weighted by Crippen LogP contribution is -2.52. The number of hydrogen-bond donors (Lipinski definition) is 2. The Bertz CT molecular complexity index is 1950. The summed E-state index contributed by atoms with van der Waals surface area (Å²) in [5.41, 5.74) is -0.810. The fraction of sp³-hybridized carbons (Fsp3) is 0.364. The summed E-state index contributed by atoms with van der Waals surface area (Å²) < 4.78 is 33.7. The number of benzene rings is 2. The molecular formula is C33H34F2N8O2S. The van der Waals surface area contributed by atoms with E-state index in [9.17, 15) is 14.3 Å². The molecule has 46 heavy (non-hydrogen) atoms. The molecule has 8 rings (SSSR count). The smallest absolute Gasteiger partial charge is 0.355 e. The summed E-state index contributed by atoms with van der Waals surface area (Å²) in [7, 11) is 0. The average molecular weight is 645 g/mol. The molecule has 3 fully saturated rings. The topological polar surface area (TPSA) is 114 Å². The molecule has 1 aliphatic carbocycles. The molecule has 0 amide bonds. The second-order valence-electron chi connectivity index (χ2n) is 12.0. The van der Waals surface area contributed by atoms with Gasteiger partial charge in [0.05, 0.1) is 16.6 Å². The number of nitrogens with zero attached hydrogens (tertiary/aromatic N) is 7. The third-order valence-corrected chi connectivity index (χ3v) is 9.08. The van der Waals surface area contributed by atoms with Crippen molar-refractivity contribution < 1.29 is 13.9 Å². The first kappa shape index (κ1) is 30.3. The molecule has 238 valence electrons. The van der Waals surface area contributed by atoms with Gasteiger partial charge in [0, 0.05) is 47.9 Å². The molecule has 0 radical (unpaired) electrons. The van der Waals surface area contributed by atoms with Gasteiger partial charge in [0.25, 0.3) is 0 Å². The van der Waals surface area contributed by atoms with Crippen LogP contribution in [0.4, 0.5) is 14.6 Å². The zero-order valence-electron chi connectivity index (χ0n) is 25.5. The number of piperazine rings is 1. The summed E-state index contributed by atoms with van der Waals surface area (Å²) in [5, 5.41) is 18.9. The number of hydrogen-bond acceptors (Lipinski definition) is 9. The normalized spacial score (nSPS) is 18.9. The molecule has 5 heterocycles. The summed E-state index contributed by atoms with van der Waals surface area (Å²) in [6.45, 7) is 5.48. The molecule has 1 saturated carbocycles. The van der Waals surface area contributed by atoms with E-state index in [0.717, 1.165) is 42.5 Å². The van der Waals surface area contributed by atoms with E-state index in [1.54, 1.807) is 28.6 Å². The van der Waals surface area contributed by atoms with Crippen LogP contribution in [0.15, 0.2) is 64.5 Å². The van der Waals surface area contributed by atoms with Crippen molar-refractivity contribution in [2.45, 2.75) is 68.8 Å². The minimum Gasteiger partial charge on any atom is -0.507 e. The molecule has 2 saturated heterocycles. The number of pyridine rings is 1. The van der Waals surface area contributed by atoms with Gasteiger partial charge in [-0.1, -0.05) is 32.4 Å². The van der Waals surface area contributed by atoms with Crippen molar-refractivity contribution in [1.82, 2.24) is 34.0 Å². The van der Waals surface area contributed by atoms with Crippen LogP contribution in [-0.4, -0.2) is 59.0 Å². The second kappa shape index (κ2) is 12.4. The van der Waals surface area contributed by atoms with Crippen molar-refractivity contribution in [3.05, 3.63) is 82.8 Å². The van der Waals surface area contributed by atoms with Gasteiger partial charge in [0.2, 0.25) is 0 Å². The minimum absolute atomic E-state index is 0.110. The molecule has 10 nitrogen and oxygen atoms in total. The number of rotatable bonds is 6. The van der Waals surface area contributed by atoms with Crippen molar-refractivity contribution in [3.63, 3.8) is 0 Å². The second-order valence-corrected chi connectivity index (χ2v) is 13.0. The molecule has 5 aromatic rings. The van der Waals surface area contributed by atoms with Gasteiger partial charge in [-0.25, -0.2) is 28.1 Å². The summed E-state index contributed by atoms with van der Waals surface area (Å²) in [5.74, 6) is -0.536. The fourth-order valence-corrected chi connectivity index (χ4v) is 6.84. The van der Waals surface area contributed by atoms with Crippen LogP contribution >= 0.6 is 11.9 Å². The Morgan fingerprint density at radius 2 is 1.72 bits per heavy atom. The van der Waals surface area contributed by atoms with E-state index in [4.69, 9.17) is 0 Å². The van der Waals surface area contributed by atoms with Crippen LogP contribution in [0.25, 0.3) is 28.0 Å². The highest BCUT2D eigenvalue weighted by Gasteiger charge is 2.34. The predicted octanol–water partition coefficient (Wildman–Crippen LogP) is 5.81. The van der Waals surface area contributed by atoms with E-state index in [-0.39, 0.29) is 23.3 Å². The van der Waals surface area contributed by atoms with E-state index in [2.05, 4.69) is 39.2 Å². The Labute approximate surface area is 268 Å². The van der Waals surface area contributed by atoms with Crippen molar-refractivity contribution in [1.29, 1.82) is 0 Å². The lowest BCUT2D eigenvalue weighted by molar-refractivity contribution is 0.463. The van der Waals surface area contributed by atoms with Crippen molar-refractivity contribution >= 4 is 28.8 Å². The van der Waals surface area contributed by atoms with Crippen molar-refractivity contribution in [2.75, 3.05) is 18.0 Å². The van der Waals surface area contributed by atoms with Crippen LogP contribution in [0.5, 0.6) is 5.75 Å². The first-order valence-electron chi connectivity index (χ1n) is 15.6. The standard InChI is InChI=1S/C30H26F2N8O2S.C3H8/c31-22-5-2-6-24(41)25(22)26-23(32)12-21-28(38-13-17-9-10-18(14-38)34-17)36-30(42)40(29(21)35-26)19-3-1-4-20(11-19)43-39-15-33-27(37-39)16-7-8-16;1-3-2/h1-6,11-12,15-18,34,41H,7-10,13-14H2;3H2,1-2H3. The van der Waals surface area contributed by atoms with Crippen LogP contribution in [0.2, 0.25) is 0 Å². The molecule has 0 spiro atoms. The fourth-order valence-electron chi connectivity index (χ4n) is 6.09. The molecule has 2 bridgehead atoms. The Morgan fingerprint density at radius 3 is 2.43 bits per heavy atom. The summed E-state index contributed by atoms with van der Waals surface area (Å²) in [6.07, 6.45) is 7.13. The minimum atomic E-state index is -0.832. The van der Waals surface area contributed by atoms with Gasteiger partial charge in [-0.3, -0.25) is 0 Å². The summed E-state index contributed by atoms with van der Waals surface area (Å²) >= 11 is 1.34. The molecule has 2 aromatic carbocycles. The number of nitrogens with one attached hydrogen (secondary N) is 1. The van der Waals surface area contributed by atoms with Gasteiger partial charge in [-0.2, -0.15) is 9.07 Å². The summed E-state index contributed by atoms with van der Waals surface area (Å²) in [4.78, 5) is 30.0. The van der Waals surface area contributed by atoms with E-state index in [1.807, 2.05) is 11.0 Å². The van der Waals surface area contributed by atoms with Crippen molar-refractivity contribution in [3.8, 4) is 22.7 Å². The van der Waals surface area contributed by atoms with Crippen LogP contribution in [0, 0.1) is 11.6 Å². The third-order valence-electron chi connectivity index (χ3n) is 8.25. The zero-order chi connectivity index (χ0) is 31.9. The van der Waals surface area contributed by atoms with Crippen molar-refractivity contribution in [2.24, 2.45) is 0 Å². The van der Waals surface area contributed by atoms with Crippen LogP contribution in [0.3, 0.4) is 0 Å². The lowest BCUT2D eigenvalue weighted by atomic mass is 10.1. The van der Waals surface area contributed by atoms with Crippen LogP contribution < -0.4 is 15.9 Å². The predicted molar refractivity (Wildman–Crippen MR) is 174 cm³/mol. The highest BCUT2D eigenvalue weighted by Crippen LogP contribution is 2.39. The first-order valence-corrected chi connectivity index (χ1v) is 16.4. The maximum Gasteiger partial charge on any atom is 0.355 e. The number of fused-ring (bicyclic) bond motifs is 3. The largest absolute Gasteiger partial charge is 0.507 e. The van der Waals surface area contributed by atoms with Gasteiger partial charge in [-0.05, 0) is 62.1 Å². The highest BCUT2D eigenvalue weighted by molar-refractivity contribution is 7.97. The maximum absolute atomic E-state index is 15.8. The molecular weight excluding hydrogens is 610 g/mol. The van der Waals surface area contributed by atoms with E-state index in [0.29, 0.717) is 35.9 Å². The number of aromatic hydroxyl groups is 1. The number of halogens is 2. The number of anilines is 1. The Hall–Kier alpha value is -4.36. The van der Waals surface area contributed by atoms with Gasteiger partial charge in [0.15, 0.2) is 17.3 Å². The molecule has 13 heteroatoms. The third kappa shape index (κ3) is 5.84. The van der Waals surface area contributed by atoms with Gasteiger partial charge in [-0.15, -0.1) is 5.10 Å². The monoisotopic (exact) mass is 644 g/mol. The first-order chi connectivity index (χ1) is 22.3. The molecule has 2 N–H and O–H groups in total.